The van der Waals surface area contributed by atoms with Crippen LogP contribution in [0.2, 0.25) is 0 Å². The minimum absolute atomic E-state index is 0.186. The summed E-state index contributed by atoms with van der Waals surface area (Å²) < 4.78 is 1.33. The Morgan fingerprint density at radius 2 is 2.00 bits per heavy atom. The van der Waals surface area contributed by atoms with Crippen molar-refractivity contribution < 1.29 is 9.72 Å². The number of amides is 1. The second-order valence-corrected chi connectivity index (χ2v) is 4.09. The molecule has 0 aliphatic carbocycles. The van der Waals surface area contributed by atoms with Crippen LogP contribution in [0.15, 0.2) is 36.5 Å². The zero-order valence-electron chi connectivity index (χ0n) is 10.5. The monoisotopic (exact) mass is 260 g/mol. The van der Waals surface area contributed by atoms with E-state index in [0.717, 1.165) is 0 Å². The van der Waals surface area contributed by atoms with Gasteiger partial charge >= 0.3 is 5.82 Å². The number of carbonyl (C=O) groups excluding carboxylic acids is 1. The van der Waals surface area contributed by atoms with Crippen molar-refractivity contribution in [2.75, 3.05) is 14.1 Å². The Kier molecular flexibility index (Phi) is 3.28. The topological polar surface area (TPSA) is 81.3 Å². The van der Waals surface area contributed by atoms with Crippen LogP contribution in [0.5, 0.6) is 0 Å². The SMILES string of the molecule is CN(C)C(=O)c1ccccc1-n1ccc([N+](=O)[O-])n1. The standard InChI is InChI=1S/C12H12N4O3/c1-14(2)12(17)9-5-3-4-6-10(9)15-8-7-11(13-15)16(18)19/h3-8H,1-2H3. The van der Waals surface area contributed by atoms with E-state index in [1.165, 1.54) is 21.8 Å². The summed E-state index contributed by atoms with van der Waals surface area (Å²) in [5, 5.41) is 14.5. The maximum Gasteiger partial charge on any atom is 0.390 e. The Balaban J connectivity index is 2.50. The van der Waals surface area contributed by atoms with Crippen LogP contribution in [0.1, 0.15) is 10.4 Å². The lowest BCUT2D eigenvalue weighted by Crippen LogP contribution is -2.23. The molecule has 7 nitrogen and oxygen atoms in total. The molecule has 0 aliphatic heterocycles. The van der Waals surface area contributed by atoms with Crippen molar-refractivity contribution >= 4 is 11.7 Å². The van der Waals surface area contributed by atoms with Crippen LogP contribution < -0.4 is 0 Å². The first-order valence-electron chi connectivity index (χ1n) is 5.52. The van der Waals surface area contributed by atoms with E-state index in [9.17, 15) is 14.9 Å². The number of para-hydroxylation sites is 1. The fourth-order valence-electron chi connectivity index (χ4n) is 1.64. The van der Waals surface area contributed by atoms with Crippen LogP contribution >= 0.6 is 0 Å². The van der Waals surface area contributed by atoms with Gasteiger partial charge in [-0.1, -0.05) is 12.1 Å². The first-order chi connectivity index (χ1) is 9.00. The van der Waals surface area contributed by atoms with Crippen molar-refractivity contribution in [1.29, 1.82) is 0 Å². The van der Waals surface area contributed by atoms with E-state index >= 15 is 0 Å². The molecule has 2 aromatic rings. The minimum atomic E-state index is -0.577. The van der Waals surface area contributed by atoms with Gasteiger partial charge in [-0.05, 0) is 17.1 Å². The highest BCUT2D eigenvalue weighted by molar-refractivity contribution is 5.97. The van der Waals surface area contributed by atoms with Crippen LogP contribution in [0.3, 0.4) is 0 Å². The average molecular weight is 260 g/mol. The van der Waals surface area contributed by atoms with Gasteiger partial charge in [-0.2, -0.15) is 0 Å². The van der Waals surface area contributed by atoms with E-state index in [1.807, 2.05) is 0 Å². The van der Waals surface area contributed by atoms with Crippen molar-refractivity contribution in [2.24, 2.45) is 0 Å². The van der Waals surface area contributed by atoms with Gasteiger partial charge in [0.1, 0.15) is 5.69 Å². The smallest absolute Gasteiger partial charge is 0.358 e. The lowest BCUT2D eigenvalue weighted by Gasteiger charge is -2.12. The van der Waals surface area contributed by atoms with Crippen LogP contribution in [0, 0.1) is 10.1 Å². The number of benzene rings is 1. The third-order valence-electron chi connectivity index (χ3n) is 2.55. The first-order valence-corrected chi connectivity index (χ1v) is 5.52. The van der Waals surface area contributed by atoms with Crippen molar-refractivity contribution in [3.8, 4) is 5.69 Å². The van der Waals surface area contributed by atoms with Crippen LogP contribution in [-0.2, 0) is 0 Å². The Hall–Kier alpha value is -2.70. The minimum Gasteiger partial charge on any atom is -0.358 e. The number of rotatable bonds is 3. The molecule has 0 spiro atoms. The Morgan fingerprint density at radius 1 is 1.32 bits per heavy atom. The average Bonchev–Trinajstić information content (AvgIpc) is 2.87. The lowest BCUT2D eigenvalue weighted by molar-refractivity contribution is -0.389. The highest BCUT2D eigenvalue weighted by Gasteiger charge is 2.18. The summed E-state index contributed by atoms with van der Waals surface area (Å²) in [4.78, 5) is 23.5. The molecule has 0 aliphatic rings. The molecule has 0 saturated heterocycles. The maximum absolute atomic E-state index is 12.0. The fourth-order valence-corrected chi connectivity index (χ4v) is 1.64. The van der Waals surface area contributed by atoms with Gasteiger partial charge < -0.3 is 15.0 Å². The molecule has 7 heteroatoms. The third kappa shape index (κ3) is 2.44. The van der Waals surface area contributed by atoms with E-state index in [1.54, 1.807) is 38.4 Å². The number of carbonyl (C=O) groups is 1. The van der Waals surface area contributed by atoms with Gasteiger partial charge in [-0.3, -0.25) is 4.79 Å². The van der Waals surface area contributed by atoms with Crippen LogP contribution in [-0.4, -0.2) is 39.6 Å². The zero-order chi connectivity index (χ0) is 14.0. The molecular weight excluding hydrogens is 248 g/mol. The number of hydrogen-bond donors (Lipinski definition) is 0. The van der Waals surface area contributed by atoms with Gasteiger partial charge in [0, 0.05) is 14.1 Å². The largest absolute Gasteiger partial charge is 0.390 e. The molecule has 0 N–H and O–H groups in total. The number of hydrogen-bond acceptors (Lipinski definition) is 4. The van der Waals surface area contributed by atoms with Crippen LogP contribution in [0.4, 0.5) is 5.82 Å². The molecule has 1 amide bonds. The van der Waals surface area contributed by atoms with E-state index in [0.29, 0.717) is 11.3 Å². The molecular formula is C12H12N4O3. The van der Waals surface area contributed by atoms with Gasteiger partial charge in [0.25, 0.3) is 5.91 Å². The molecule has 0 radical (unpaired) electrons. The van der Waals surface area contributed by atoms with E-state index in [-0.39, 0.29) is 11.7 Å². The van der Waals surface area contributed by atoms with Crippen molar-refractivity contribution in [1.82, 2.24) is 14.7 Å². The summed E-state index contributed by atoms with van der Waals surface area (Å²) in [6.45, 7) is 0. The quantitative estimate of drug-likeness (QED) is 0.618. The first kappa shape index (κ1) is 12.7. The molecule has 0 bridgehead atoms. The molecule has 0 fully saturated rings. The summed E-state index contributed by atoms with van der Waals surface area (Å²) in [7, 11) is 3.29. The van der Waals surface area contributed by atoms with Gasteiger partial charge in [0.15, 0.2) is 0 Å². The predicted octanol–water partition coefficient (Wildman–Crippen LogP) is 1.48. The van der Waals surface area contributed by atoms with Crippen molar-refractivity contribution in [2.45, 2.75) is 0 Å². The van der Waals surface area contributed by atoms with Gasteiger partial charge in [0.2, 0.25) is 0 Å². The second kappa shape index (κ2) is 4.89. The Labute approximate surface area is 109 Å². The second-order valence-electron chi connectivity index (χ2n) is 4.09. The highest BCUT2D eigenvalue weighted by Crippen LogP contribution is 2.17. The lowest BCUT2D eigenvalue weighted by atomic mass is 10.1. The normalized spacial score (nSPS) is 10.2. The molecule has 98 valence electrons. The molecule has 2 rings (SSSR count). The molecule has 1 heterocycles. The molecule has 19 heavy (non-hydrogen) atoms. The number of nitro groups is 1. The predicted molar refractivity (Wildman–Crippen MR) is 68.2 cm³/mol. The van der Waals surface area contributed by atoms with E-state index in [2.05, 4.69) is 5.10 Å². The van der Waals surface area contributed by atoms with Crippen molar-refractivity contribution in [3.63, 3.8) is 0 Å². The third-order valence-corrected chi connectivity index (χ3v) is 2.55. The van der Waals surface area contributed by atoms with Gasteiger partial charge in [0.05, 0.1) is 22.9 Å². The summed E-state index contributed by atoms with van der Waals surface area (Å²) >= 11 is 0. The number of nitrogens with zero attached hydrogens (tertiary/aromatic N) is 4. The maximum atomic E-state index is 12.0. The highest BCUT2D eigenvalue weighted by atomic mass is 16.6. The van der Waals surface area contributed by atoms with E-state index < -0.39 is 4.92 Å². The summed E-state index contributed by atoms with van der Waals surface area (Å²) in [6.07, 6.45) is 1.46. The zero-order valence-corrected chi connectivity index (χ0v) is 10.5. The van der Waals surface area contributed by atoms with Crippen molar-refractivity contribution in [3.05, 3.63) is 52.2 Å². The summed E-state index contributed by atoms with van der Waals surface area (Å²) in [6, 6.07) is 8.11. The Bertz CT molecular complexity index is 633. The van der Waals surface area contributed by atoms with Gasteiger partial charge in [-0.15, -0.1) is 4.68 Å². The van der Waals surface area contributed by atoms with E-state index in [4.69, 9.17) is 0 Å². The number of aromatic nitrogens is 2. The summed E-state index contributed by atoms with van der Waals surface area (Å²) in [5.74, 6) is -0.444. The molecule has 0 unspecified atom stereocenters. The Morgan fingerprint density at radius 3 is 2.58 bits per heavy atom. The molecule has 1 aromatic carbocycles. The van der Waals surface area contributed by atoms with Crippen LogP contribution in [0.25, 0.3) is 5.69 Å². The fraction of sp³-hybridized carbons (Fsp3) is 0.167. The molecule has 0 atom stereocenters. The summed E-state index contributed by atoms with van der Waals surface area (Å²) in [5.41, 5.74) is 0.944. The van der Waals surface area contributed by atoms with Gasteiger partial charge in [-0.25, -0.2) is 0 Å². The molecule has 1 aromatic heterocycles. The molecule has 0 saturated carbocycles.